The van der Waals surface area contributed by atoms with Crippen LogP contribution in [0.2, 0.25) is 0 Å². The minimum Gasteiger partial charge on any atom is -0.482 e. The quantitative estimate of drug-likeness (QED) is 0.529. The summed E-state index contributed by atoms with van der Waals surface area (Å²) in [6.45, 7) is 3.70. The SMILES string of the molecule is CCC(=O)c1ccc(OCC(=O)OC(C)C(=O)NCC2CCCCC2)cc1. The van der Waals surface area contributed by atoms with E-state index in [0.29, 0.717) is 30.2 Å². The fourth-order valence-corrected chi connectivity index (χ4v) is 3.15. The number of nitrogens with one attached hydrogen (secondary N) is 1. The van der Waals surface area contributed by atoms with Gasteiger partial charge >= 0.3 is 5.97 Å². The molecule has 0 heterocycles. The van der Waals surface area contributed by atoms with Gasteiger partial charge in [-0.05, 0) is 49.9 Å². The number of rotatable bonds is 9. The lowest BCUT2D eigenvalue weighted by Crippen LogP contribution is -2.39. The Bertz CT molecular complexity index is 634. The van der Waals surface area contributed by atoms with Crippen LogP contribution in [0.3, 0.4) is 0 Å². The summed E-state index contributed by atoms with van der Waals surface area (Å²) in [5, 5.41) is 2.86. The summed E-state index contributed by atoms with van der Waals surface area (Å²) < 4.78 is 10.5. The summed E-state index contributed by atoms with van der Waals surface area (Å²) >= 11 is 0. The van der Waals surface area contributed by atoms with Gasteiger partial charge in [0.25, 0.3) is 5.91 Å². The zero-order chi connectivity index (χ0) is 19.6. The lowest BCUT2D eigenvalue weighted by molar-refractivity contribution is -0.156. The van der Waals surface area contributed by atoms with E-state index in [2.05, 4.69) is 5.32 Å². The highest BCUT2D eigenvalue weighted by molar-refractivity contribution is 5.95. The molecule has 0 bridgehead atoms. The molecule has 1 aromatic rings. The van der Waals surface area contributed by atoms with E-state index < -0.39 is 12.1 Å². The maximum atomic E-state index is 12.1. The molecule has 1 saturated carbocycles. The first kappa shape index (κ1) is 20.9. The molecule has 1 amide bonds. The highest BCUT2D eigenvalue weighted by Crippen LogP contribution is 2.22. The molecule has 1 aliphatic carbocycles. The van der Waals surface area contributed by atoms with Gasteiger partial charge in [0.1, 0.15) is 5.75 Å². The molecule has 0 aliphatic heterocycles. The Hall–Kier alpha value is -2.37. The Balaban J connectivity index is 1.69. The van der Waals surface area contributed by atoms with Gasteiger partial charge in [-0.2, -0.15) is 0 Å². The van der Waals surface area contributed by atoms with Crippen LogP contribution in [0.1, 0.15) is 62.7 Å². The largest absolute Gasteiger partial charge is 0.482 e. The van der Waals surface area contributed by atoms with Crippen molar-refractivity contribution in [1.82, 2.24) is 5.32 Å². The minimum atomic E-state index is -0.853. The molecule has 27 heavy (non-hydrogen) atoms. The number of carbonyl (C=O) groups excluding carboxylic acids is 3. The van der Waals surface area contributed by atoms with Crippen LogP contribution in [-0.4, -0.2) is 36.9 Å². The molecule has 1 atom stereocenters. The Morgan fingerprint density at radius 2 is 1.78 bits per heavy atom. The number of benzene rings is 1. The molecule has 1 unspecified atom stereocenters. The molecule has 0 aromatic heterocycles. The van der Waals surface area contributed by atoms with Crippen molar-refractivity contribution in [2.24, 2.45) is 5.92 Å². The van der Waals surface area contributed by atoms with E-state index in [1.165, 1.54) is 19.3 Å². The topological polar surface area (TPSA) is 81.7 Å². The highest BCUT2D eigenvalue weighted by Gasteiger charge is 2.20. The maximum absolute atomic E-state index is 12.1. The van der Waals surface area contributed by atoms with Crippen LogP contribution in [0.15, 0.2) is 24.3 Å². The van der Waals surface area contributed by atoms with Crippen LogP contribution in [0.5, 0.6) is 5.75 Å². The number of amides is 1. The van der Waals surface area contributed by atoms with E-state index >= 15 is 0 Å². The lowest BCUT2D eigenvalue weighted by atomic mass is 9.89. The third-order valence-electron chi connectivity index (χ3n) is 4.82. The van der Waals surface area contributed by atoms with E-state index in [1.54, 1.807) is 38.1 Å². The predicted octanol–water partition coefficient (Wildman–Crippen LogP) is 3.29. The average molecular weight is 375 g/mol. The van der Waals surface area contributed by atoms with Gasteiger partial charge in [-0.3, -0.25) is 9.59 Å². The summed E-state index contributed by atoms with van der Waals surface area (Å²) in [6, 6.07) is 6.59. The zero-order valence-electron chi connectivity index (χ0n) is 16.2. The molecule has 1 aromatic carbocycles. The Labute approximate surface area is 160 Å². The second kappa shape index (κ2) is 10.7. The molecule has 2 rings (SSSR count). The molecule has 0 radical (unpaired) electrons. The van der Waals surface area contributed by atoms with Crippen molar-refractivity contribution in [2.75, 3.05) is 13.2 Å². The molecule has 6 nitrogen and oxygen atoms in total. The fourth-order valence-electron chi connectivity index (χ4n) is 3.15. The first-order valence-electron chi connectivity index (χ1n) is 9.72. The average Bonchev–Trinajstić information content (AvgIpc) is 2.71. The van der Waals surface area contributed by atoms with Gasteiger partial charge in [0, 0.05) is 18.5 Å². The van der Waals surface area contributed by atoms with Gasteiger partial charge in [-0.15, -0.1) is 0 Å². The lowest BCUT2D eigenvalue weighted by Gasteiger charge is -2.22. The Morgan fingerprint density at radius 1 is 1.11 bits per heavy atom. The van der Waals surface area contributed by atoms with Gasteiger partial charge in [-0.25, -0.2) is 4.79 Å². The van der Waals surface area contributed by atoms with Gasteiger partial charge in [0.15, 0.2) is 18.5 Å². The van der Waals surface area contributed by atoms with Crippen molar-refractivity contribution >= 4 is 17.7 Å². The maximum Gasteiger partial charge on any atom is 0.344 e. The van der Waals surface area contributed by atoms with Crippen LogP contribution in [0.25, 0.3) is 0 Å². The van der Waals surface area contributed by atoms with E-state index in [4.69, 9.17) is 9.47 Å². The smallest absolute Gasteiger partial charge is 0.344 e. The number of carbonyl (C=O) groups is 3. The van der Waals surface area contributed by atoms with Crippen LogP contribution in [-0.2, 0) is 14.3 Å². The van der Waals surface area contributed by atoms with Crippen molar-refractivity contribution in [3.63, 3.8) is 0 Å². The van der Waals surface area contributed by atoms with Crippen molar-refractivity contribution in [3.8, 4) is 5.75 Å². The molecular weight excluding hydrogens is 346 g/mol. The van der Waals surface area contributed by atoms with E-state index in [9.17, 15) is 14.4 Å². The third-order valence-corrected chi connectivity index (χ3v) is 4.82. The minimum absolute atomic E-state index is 0.0500. The predicted molar refractivity (Wildman–Crippen MR) is 102 cm³/mol. The van der Waals surface area contributed by atoms with Crippen LogP contribution in [0, 0.1) is 5.92 Å². The van der Waals surface area contributed by atoms with E-state index in [0.717, 1.165) is 12.8 Å². The summed E-state index contributed by atoms with van der Waals surface area (Å²) in [5.74, 6) is 0.153. The number of hydrogen-bond donors (Lipinski definition) is 1. The monoisotopic (exact) mass is 375 g/mol. The van der Waals surface area contributed by atoms with Crippen molar-refractivity contribution < 1.29 is 23.9 Å². The second-order valence-electron chi connectivity index (χ2n) is 6.97. The number of hydrogen-bond acceptors (Lipinski definition) is 5. The molecule has 0 spiro atoms. The van der Waals surface area contributed by atoms with E-state index in [1.807, 2.05) is 0 Å². The molecule has 6 heteroatoms. The summed E-state index contributed by atoms with van der Waals surface area (Å²) in [6.07, 6.45) is 5.58. The normalized spacial score (nSPS) is 15.6. The van der Waals surface area contributed by atoms with Crippen molar-refractivity contribution in [2.45, 2.75) is 58.5 Å². The molecule has 1 aliphatic rings. The first-order chi connectivity index (χ1) is 13.0. The standard InChI is InChI=1S/C21H29NO5/c1-3-19(23)17-9-11-18(12-10-17)26-14-20(24)27-15(2)21(25)22-13-16-7-5-4-6-8-16/h9-12,15-16H,3-8,13-14H2,1-2H3,(H,22,25). The number of ether oxygens (including phenoxy) is 2. The molecule has 148 valence electrons. The van der Waals surface area contributed by atoms with Crippen LogP contribution >= 0.6 is 0 Å². The van der Waals surface area contributed by atoms with Crippen molar-refractivity contribution in [3.05, 3.63) is 29.8 Å². The van der Waals surface area contributed by atoms with Gasteiger partial charge < -0.3 is 14.8 Å². The second-order valence-corrected chi connectivity index (χ2v) is 6.97. The zero-order valence-corrected chi connectivity index (χ0v) is 16.2. The number of Topliss-reactive ketones (excluding diaryl/α,β-unsaturated/α-hetero) is 1. The third kappa shape index (κ3) is 7.04. The molecule has 1 N–H and O–H groups in total. The summed E-state index contributed by atoms with van der Waals surface area (Å²) in [4.78, 5) is 35.5. The highest BCUT2D eigenvalue weighted by atomic mass is 16.6. The fraction of sp³-hybridized carbons (Fsp3) is 0.571. The van der Waals surface area contributed by atoms with Gasteiger partial charge in [0.2, 0.25) is 0 Å². The summed E-state index contributed by atoms with van der Waals surface area (Å²) in [5.41, 5.74) is 0.607. The number of ketones is 1. The molecular formula is C21H29NO5. The van der Waals surface area contributed by atoms with Gasteiger partial charge in [0.05, 0.1) is 0 Å². The van der Waals surface area contributed by atoms with Crippen molar-refractivity contribution in [1.29, 1.82) is 0 Å². The Morgan fingerprint density at radius 3 is 2.41 bits per heavy atom. The van der Waals surface area contributed by atoms with E-state index in [-0.39, 0.29) is 18.3 Å². The van der Waals surface area contributed by atoms with Crippen LogP contribution in [0.4, 0.5) is 0 Å². The van der Waals surface area contributed by atoms with Gasteiger partial charge in [-0.1, -0.05) is 26.2 Å². The first-order valence-corrected chi connectivity index (χ1v) is 9.72. The summed E-state index contributed by atoms with van der Waals surface area (Å²) in [7, 11) is 0. The Kier molecular flexibility index (Phi) is 8.30. The molecule has 0 saturated heterocycles. The number of esters is 1. The van der Waals surface area contributed by atoms with Crippen LogP contribution < -0.4 is 10.1 Å². The molecule has 1 fully saturated rings.